The van der Waals surface area contributed by atoms with Gasteiger partial charge in [-0.2, -0.15) is 0 Å². The van der Waals surface area contributed by atoms with Crippen LogP contribution in [0.25, 0.3) is 16.6 Å². The van der Waals surface area contributed by atoms with E-state index in [1.54, 1.807) is 6.07 Å². The first-order valence-electron chi connectivity index (χ1n) is 7.78. The fraction of sp³-hybridized carbons (Fsp3) is 0.0556. The predicted octanol–water partition coefficient (Wildman–Crippen LogP) is 2.67. The summed E-state index contributed by atoms with van der Waals surface area (Å²) in [7, 11) is 0. The summed E-state index contributed by atoms with van der Waals surface area (Å²) in [5.41, 5.74) is 7.40. The van der Waals surface area contributed by atoms with Gasteiger partial charge in [0.2, 0.25) is 5.95 Å². The quantitative estimate of drug-likeness (QED) is 0.593. The van der Waals surface area contributed by atoms with Crippen LogP contribution in [-0.2, 0) is 6.54 Å². The molecule has 4 aromatic rings. The summed E-state index contributed by atoms with van der Waals surface area (Å²) in [6.45, 7) is -0.0900. The molecule has 1 amide bonds. The van der Waals surface area contributed by atoms with Crippen molar-refractivity contribution in [3.05, 3.63) is 71.6 Å². The number of hydrogen-bond donors (Lipinski definition) is 2. The van der Waals surface area contributed by atoms with Crippen molar-refractivity contribution in [3.8, 4) is 0 Å². The number of anilines is 1. The molecule has 4 rings (SSSR count). The lowest BCUT2D eigenvalue weighted by atomic mass is 10.2. The third-order valence-electron chi connectivity index (χ3n) is 4.02. The van der Waals surface area contributed by atoms with Gasteiger partial charge in [0.05, 0.1) is 5.52 Å². The lowest BCUT2D eigenvalue weighted by Crippen LogP contribution is -2.23. The van der Waals surface area contributed by atoms with E-state index in [0.717, 1.165) is 17.5 Å². The van der Waals surface area contributed by atoms with E-state index in [0.29, 0.717) is 11.2 Å². The fourth-order valence-corrected chi connectivity index (χ4v) is 2.72. The van der Waals surface area contributed by atoms with Gasteiger partial charge in [-0.25, -0.2) is 18.7 Å². The minimum Gasteiger partial charge on any atom is -0.369 e. The van der Waals surface area contributed by atoms with Crippen molar-refractivity contribution in [2.45, 2.75) is 6.54 Å². The maximum Gasteiger partial charge on any atom is 0.271 e. The number of carbonyl (C=O) groups excluding carboxylic acids is 1. The molecule has 0 unspecified atom stereocenters. The van der Waals surface area contributed by atoms with Gasteiger partial charge in [-0.1, -0.05) is 18.2 Å². The van der Waals surface area contributed by atoms with Crippen molar-refractivity contribution >= 4 is 28.4 Å². The summed E-state index contributed by atoms with van der Waals surface area (Å²) in [5.74, 6) is -1.69. The maximum atomic E-state index is 13.7. The first kappa shape index (κ1) is 15.9. The number of nitrogens with zero attached hydrogens (tertiary/aromatic N) is 3. The molecule has 0 fully saturated rings. The number of halogens is 2. The van der Waals surface area contributed by atoms with Gasteiger partial charge in [0.25, 0.3) is 5.91 Å². The molecular weight excluding hydrogens is 340 g/mol. The van der Waals surface area contributed by atoms with Crippen molar-refractivity contribution < 1.29 is 13.6 Å². The Labute approximate surface area is 146 Å². The lowest BCUT2D eigenvalue weighted by Gasteiger charge is -2.04. The topological polar surface area (TPSA) is 85.3 Å². The molecule has 6 nitrogen and oxygen atoms in total. The first-order valence-corrected chi connectivity index (χ1v) is 7.78. The average Bonchev–Trinajstić information content (AvgIpc) is 3.07. The molecule has 8 heteroatoms. The normalized spacial score (nSPS) is 11.2. The molecule has 2 aromatic heterocycles. The Balaban J connectivity index is 1.65. The Morgan fingerprint density at radius 2 is 1.96 bits per heavy atom. The van der Waals surface area contributed by atoms with E-state index in [1.807, 2.05) is 18.2 Å². The summed E-state index contributed by atoms with van der Waals surface area (Å²) >= 11 is 0. The number of nitrogens with two attached hydrogens (primary N) is 1. The van der Waals surface area contributed by atoms with E-state index in [1.165, 1.54) is 16.7 Å². The zero-order chi connectivity index (χ0) is 18.3. The number of hydrogen-bond acceptors (Lipinski definition) is 4. The molecule has 130 valence electrons. The number of para-hydroxylation sites is 1. The lowest BCUT2D eigenvalue weighted by molar-refractivity contribution is 0.0946. The monoisotopic (exact) mass is 353 g/mol. The molecular formula is C18H13F2N5O. The zero-order valence-corrected chi connectivity index (χ0v) is 13.4. The van der Waals surface area contributed by atoms with Gasteiger partial charge >= 0.3 is 0 Å². The standard InChI is InChI=1S/C18H13F2N5O/c19-11-6-5-10(13(20)7-11)8-22-17(26)15-9-25-16(23-15)12-3-1-2-4-14(12)24-18(25)21/h1-7,9H,8H2,(H2,21,24)(H,22,26). The highest BCUT2D eigenvalue weighted by atomic mass is 19.1. The number of aromatic nitrogens is 3. The van der Waals surface area contributed by atoms with Crippen LogP contribution in [0.1, 0.15) is 16.1 Å². The van der Waals surface area contributed by atoms with Gasteiger partial charge in [-0.3, -0.25) is 9.20 Å². The number of imidazole rings is 1. The van der Waals surface area contributed by atoms with Gasteiger partial charge in [0.1, 0.15) is 23.0 Å². The van der Waals surface area contributed by atoms with Crippen molar-refractivity contribution in [3.63, 3.8) is 0 Å². The Bertz CT molecular complexity index is 1160. The number of carbonyl (C=O) groups is 1. The Morgan fingerprint density at radius 1 is 1.15 bits per heavy atom. The molecule has 0 aliphatic heterocycles. The molecule has 2 heterocycles. The molecule has 2 aromatic carbocycles. The van der Waals surface area contributed by atoms with E-state index < -0.39 is 17.5 Å². The molecule has 0 aliphatic rings. The summed E-state index contributed by atoms with van der Waals surface area (Å²) in [4.78, 5) is 21.0. The van der Waals surface area contributed by atoms with Crippen LogP contribution in [0.2, 0.25) is 0 Å². The highest BCUT2D eigenvalue weighted by molar-refractivity contribution is 5.97. The molecule has 3 N–H and O–H groups in total. The number of rotatable bonds is 3. The third kappa shape index (κ3) is 2.71. The van der Waals surface area contributed by atoms with Crippen LogP contribution < -0.4 is 11.1 Å². The van der Waals surface area contributed by atoms with E-state index >= 15 is 0 Å². The Hall–Kier alpha value is -3.55. The summed E-state index contributed by atoms with van der Waals surface area (Å²) in [5, 5.41) is 3.32. The average molecular weight is 353 g/mol. The number of fused-ring (bicyclic) bond motifs is 3. The van der Waals surface area contributed by atoms with Gasteiger partial charge in [0, 0.05) is 29.8 Å². The van der Waals surface area contributed by atoms with Gasteiger partial charge in [0.15, 0.2) is 0 Å². The van der Waals surface area contributed by atoms with Crippen molar-refractivity contribution in [2.75, 3.05) is 5.73 Å². The molecule has 0 spiro atoms. The van der Waals surface area contributed by atoms with Crippen LogP contribution in [0.5, 0.6) is 0 Å². The Morgan fingerprint density at radius 3 is 2.77 bits per heavy atom. The number of benzene rings is 2. The summed E-state index contributed by atoms with van der Waals surface area (Å²) in [6.07, 6.45) is 1.47. The number of nitrogen functional groups attached to an aromatic ring is 1. The van der Waals surface area contributed by atoms with Crippen LogP contribution in [0.15, 0.2) is 48.7 Å². The molecule has 0 aliphatic carbocycles. The van der Waals surface area contributed by atoms with E-state index in [9.17, 15) is 13.6 Å². The fourth-order valence-electron chi connectivity index (χ4n) is 2.72. The number of amides is 1. The van der Waals surface area contributed by atoms with Crippen molar-refractivity contribution in [1.82, 2.24) is 19.7 Å². The molecule has 0 atom stereocenters. The van der Waals surface area contributed by atoms with Crippen molar-refractivity contribution in [2.24, 2.45) is 0 Å². The number of nitrogens with one attached hydrogen (secondary N) is 1. The maximum absolute atomic E-state index is 13.7. The minimum absolute atomic E-state index is 0.0900. The molecule has 26 heavy (non-hydrogen) atoms. The van der Waals surface area contributed by atoms with Gasteiger partial charge < -0.3 is 11.1 Å². The van der Waals surface area contributed by atoms with E-state index in [4.69, 9.17) is 5.73 Å². The predicted molar refractivity (Wildman–Crippen MR) is 92.4 cm³/mol. The van der Waals surface area contributed by atoms with Gasteiger partial charge in [-0.05, 0) is 18.2 Å². The highest BCUT2D eigenvalue weighted by Crippen LogP contribution is 2.20. The minimum atomic E-state index is -0.722. The van der Waals surface area contributed by atoms with Crippen LogP contribution in [0, 0.1) is 11.6 Å². The summed E-state index contributed by atoms with van der Waals surface area (Å²) < 4.78 is 28.1. The SMILES string of the molecule is Nc1nc2ccccc2c2nc(C(=O)NCc3ccc(F)cc3F)cn12. The van der Waals surface area contributed by atoms with Crippen LogP contribution in [0.3, 0.4) is 0 Å². The van der Waals surface area contributed by atoms with E-state index in [-0.39, 0.29) is 23.8 Å². The summed E-state index contributed by atoms with van der Waals surface area (Å²) in [6, 6.07) is 10.5. The first-order chi connectivity index (χ1) is 12.5. The second-order valence-corrected chi connectivity index (χ2v) is 5.73. The van der Waals surface area contributed by atoms with Crippen molar-refractivity contribution in [1.29, 1.82) is 0 Å². The smallest absolute Gasteiger partial charge is 0.271 e. The van der Waals surface area contributed by atoms with Gasteiger partial charge in [-0.15, -0.1) is 0 Å². The molecule has 0 saturated carbocycles. The van der Waals surface area contributed by atoms with Crippen LogP contribution >= 0.6 is 0 Å². The molecule has 0 saturated heterocycles. The van der Waals surface area contributed by atoms with E-state index in [2.05, 4.69) is 15.3 Å². The van der Waals surface area contributed by atoms with Crippen LogP contribution in [-0.4, -0.2) is 20.3 Å². The largest absolute Gasteiger partial charge is 0.369 e. The third-order valence-corrected chi connectivity index (χ3v) is 4.02. The van der Waals surface area contributed by atoms with Crippen LogP contribution in [0.4, 0.5) is 14.7 Å². The molecule has 0 bridgehead atoms. The second kappa shape index (κ2) is 6.07. The molecule has 0 radical (unpaired) electrons. The second-order valence-electron chi connectivity index (χ2n) is 5.73. The zero-order valence-electron chi connectivity index (χ0n) is 13.4. The Kier molecular flexibility index (Phi) is 3.72. The highest BCUT2D eigenvalue weighted by Gasteiger charge is 2.15.